The highest BCUT2D eigenvalue weighted by atomic mass is 79.9. The fourth-order valence-electron chi connectivity index (χ4n) is 1.65. The third kappa shape index (κ3) is 6.00. The third-order valence-corrected chi connectivity index (χ3v) is 4.45. The normalized spacial score (nSPS) is 11.4. The second-order valence-electron chi connectivity index (χ2n) is 5.67. The molecule has 2 aromatic carbocycles. The Hall–Kier alpha value is -1.81. The van der Waals surface area contributed by atoms with Crippen LogP contribution in [0.15, 0.2) is 57.9 Å². The van der Waals surface area contributed by atoms with Crippen LogP contribution in [0.3, 0.4) is 0 Å². The van der Waals surface area contributed by atoms with Gasteiger partial charge in [0.2, 0.25) is 0 Å². The van der Waals surface area contributed by atoms with Gasteiger partial charge in [-0.3, -0.25) is 14.6 Å². The summed E-state index contributed by atoms with van der Waals surface area (Å²) in [4.78, 5) is 10.1. The zero-order valence-electron chi connectivity index (χ0n) is 13.3. The highest BCUT2D eigenvalue weighted by Crippen LogP contribution is 2.30. The summed E-state index contributed by atoms with van der Waals surface area (Å²) in [6.45, 7) is 0. The van der Waals surface area contributed by atoms with Crippen molar-refractivity contribution in [1.29, 1.82) is 0 Å². The molecule has 0 unspecified atom stereocenters. The van der Waals surface area contributed by atoms with Crippen LogP contribution in [0.5, 0.6) is 0 Å². The first-order valence-electron chi connectivity index (χ1n) is 6.70. The Balaban J connectivity index is 0.000000254. The smallest absolute Gasteiger partial charge is 0.289 e. The van der Waals surface area contributed by atoms with Crippen molar-refractivity contribution < 1.29 is 17.9 Å². The van der Waals surface area contributed by atoms with Crippen LogP contribution in [0.4, 0.5) is 11.4 Å². The van der Waals surface area contributed by atoms with E-state index in [4.69, 9.17) is 0 Å². The maximum absolute atomic E-state index is 10.7. The highest BCUT2D eigenvalue weighted by Gasteiger charge is 2.19. The Morgan fingerprint density at radius 1 is 1.04 bits per heavy atom. The summed E-state index contributed by atoms with van der Waals surface area (Å²) in [5.41, 5.74) is 1.01. The number of hydrogen-bond donors (Lipinski definition) is 0. The van der Waals surface area contributed by atoms with Crippen molar-refractivity contribution >= 4 is 37.4 Å². The van der Waals surface area contributed by atoms with Gasteiger partial charge < -0.3 is 4.55 Å². The van der Waals surface area contributed by atoms with Gasteiger partial charge in [-0.05, 0) is 34.1 Å². The van der Waals surface area contributed by atoms with Crippen LogP contribution >= 0.6 is 15.9 Å². The molecule has 0 aliphatic heterocycles. The Morgan fingerprint density at radius 3 is 1.96 bits per heavy atom. The molecule has 0 saturated carbocycles. The van der Waals surface area contributed by atoms with Gasteiger partial charge in [0, 0.05) is 6.07 Å². The summed E-state index contributed by atoms with van der Waals surface area (Å²) >= 11 is 3.15. The summed E-state index contributed by atoms with van der Waals surface area (Å²) in [7, 11) is 1.64. The van der Waals surface area contributed by atoms with Crippen molar-refractivity contribution in [2.45, 2.75) is 4.90 Å². The first-order valence-corrected chi connectivity index (χ1v) is 8.90. The Labute approximate surface area is 149 Å². The lowest BCUT2D eigenvalue weighted by molar-refractivity contribution is -0.385. The maximum Gasteiger partial charge on any atom is 0.289 e. The summed E-state index contributed by atoms with van der Waals surface area (Å²) in [6, 6.07) is 12.4. The molecule has 0 radical (unpaired) electrons. The Bertz CT molecular complexity index is 818. The van der Waals surface area contributed by atoms with E-state index in [9.17, 15) is 23.1 Å². The van der Waals surface area contributed by atoms with E-state index in [0.29, 0.717) is 8.96 Å². The number of nitrogens with zero attached hydrogens (tertiary/aromatic N) is 2. The fraction of sp³-hybridized carbons (Fsp3) is 0.200. The molecule has 0 fully saturated rings. The van der Waals surface area contributed by atoms with Gasteiger partial charge in [-0.25, -0.2) is 8.42 Å². The predicted octanol–water partition coefficient (Wildman–Crippen LogP) is 3.14. The molecular formula is C15H17BrN2O5S. The summed E-state index contributed by atoms with van der Waals surface area (Å²) in [6.07, 6.45) is 0. The zero-order chi connectivity index (χ0) is 18.5. The molecule has 0 heterocycles. The molecule has 0 aliphatic carbocycles. The number of hydrogen-bond acceptors (Lipinski definition) is 5. The third-order valence-electron chi connectivity index (χ3n) is 2.93. The molecule has 9 heteroatoms. The van der Waals surface area contributed by atoms with Crippen molar-refractivity contribution in [3.05, 3.63) is 63.1 Å². The Morgan fingerprint density at radius 2 is 1.58 bits per heavy atom. The molecule has 0 spiro atoms. The zero-order valence-corrected chi connectivity index (χ0v) is 15.7. The van der Waals surface area contributed by atoms with Gasteiger partial charge >= 0.3 is 0 Å². The summed E-state index contributed by atoms with van der Waals surface area (Å²) in [5, 5.41) is 10.7. The van der Waals surface area contributed by atoms with Gasteiger partial charge in [-0.2, -0.15) is 0 Å². The average Bonchev–Trinajstić information content (AvgIpc) is 2.47. The topological polar surface area (TPSA) is 100 Å². The van der Waals surface area contributed by atoms with Crippen LogP contribution in [0.2, 0.25) is 0 Å². The number of nitro groups is 1. The monoisotopic (exact) mass is 416 g/mol. The van der Waals surface area contributed by atoms with Gasteiger partial charge in [-0.15, -0.1) is 0 Å². The molecule has 0 atom stereocenters. The molecule has 0 saturated heterocycles. The number of benzene rings is 2. The minimum absolute atomic E-state index is 0.107. The van der Waals surface area contributed by atoms with Crippen LogP contribution in [0, 0.1) is 10.1 Å². The second-order valence-corrected chi connectivity index (χ2v) is 7.91. The number of nitro benzene ring substituents is 1. The molecule has 0 aliphatic rings. The molecule has 0 aromatic heterocycles. The maximum atomic E-state index is 10.7. The van der Waals surface area contributed by atoms with Crippen molar-refractivity contribution in [2.24, 2.45) is 0 Å². The largest absolute Gasteiger partial charge is 0.744 e. The quantitative estimate of drug-likeness (QED) is 0.331. The van der Waals surface area contributed by atoms with E-state index in [1.54, 1.807) is 18.2 Å². The SMILES string of the molecule is C[N+](C)(C)c1ccc(Br)c([N+](=O)[O-])c1.O=S(=O)([O-])c1ccccc1. The van der Waals surface area contributed by atoms with E-state index in [1.165, 1.54) is 24.3 Å². The van der Waals surface area contributed by atoms with E-state index in [-0.39, 0.29) is 15.5 Å². The van der Waals surface area contributed by atoms with Crippen molar-refractivity contribution in [2.75, 3.05) is 21.1 Å². The van der Waals surface area contributed by atoms with Crippen LogP contribution in [-0.2, 0) is 10.1 Å². The van der Waals surface area contributed by atoms with E-state index >= 15 is 0 Å². The lowest BCUT2D eigenvalue weighted by atomic mass is 10.2. The van der Waals surface area contributed by atoms with Gasteiger partial charge in [0.15, 0.2) is 0 Å². The minimum atomic E-state index is -4.25. The minimum Gasteiger partial charge on any atom is -0.744 e. The average molecular weight is 417 g/mol. The first-order chi connectivity index (χ1) is 10.9. The van der Waals surface area contributed by atoms with Crippen LogP contribution in [0.1, 0.15) is 0 Å². The highest BCUT2D eigenvalue weighted by molar-refractivity contribution is 9.10. The molecule has 0 bridgehead atoms. The molecule has 2 rings (SSSR count). The van der Waals surface area contributed by atoms with Crippen molar-refractivity contribution in [1.82, 2.24) is 4.48 Å². The molecule has 7 nitrogen and oxygen atoms in total. The standard InChI is InChI=1S/C9H12BrN2O2.C6H6O3S/c1-12(2,3)7-4-5-8(10)9(6-7)11(13)14;7-10(8,9)6-4-2-1-3-5-6/h4-6H,1-3H3;1-5H,(H,7,8,9)/q+1;/p-1. The predicted molar refractivity (Wildman–Crippen MR) is 94.8 cm³/mol. The molecule has 24 heavy (non-hydrogen) atoms. The Kier molecular flexibility index (Phi) is 6.61. The molecule has 0 N–H and O–H groups in total. The van der Waals surface area contributed by atoms with Crippen molar-refractivity contribution in [3.63, 3.8) is 0 Å². The van der Waals surface area contributed by atoms with Crippen molar-refractivity contribution in [3.8, 4) is 0 Å². The molecular weight excluding hydrogens is 400 g/mol. The molecule has 2 aromatic rings. The fourth-order valence-corrected chi connectivity index (χ4v) is 2.53. The van der Waals surface area contributed by atoms with Gasteiger partial charge in [0.1, 0.15) is 15.8 Å². The summed E-state index contributed by atoms with van der Waals surface area (Å²) < 4.78 is 31.9. The number of rotatable bonds is 3. The van der Waals surface area contributed by atoms with Gasteiger partial charge in [0.05, 0.1) is 41.5 Å². The first kappa shape index (κ1) is 20.2. The molecule has 0 amide bonds. The van der Waals surface area contributed by atoms with Gasteiger partial charge in [-0.1, -0.05) is 18.2 Å². The summed E-state index contributed by atoms with van der Waals surface area (Å²) in [5.74, 6) is 0. The van der Waals surface area contributed by atoms with E-state index in [0.717, 1.165) is 5.69 Å². The van der Waals surface area contributed by atoms with Gasteiger partial charge in [0.25, 0.3) is 5.69 Å². The lowest BCUT2D eigenvalue weighted by Crippen LogP contribution is -2.34. The lowest BCUT2D eigenvalue weighted by Gasteiger charge is -2.23. The van der Waals surface area contributed by atoms with Crippen LogP contribution in [-0.4, -0.2) is 39.0 Å². The van der Waals surface area contributed by atoms with E-state index < -0.39 is 10.1 Å². The number of halogens is 1. The number of quaternary nitrogens is 1. The second kappa shape index (κ2) is 7.84. The van der Waals surface area contributed by atoms with E-state index in [2.05, 4.69) is 15.9 Å². The molecule has 130 valence electrons. The van der Waals surface area contributed by atoms with Crippen LogP contribution in [0.25, 0.3) is 0 Å². The van der Waals surface area contributed by atoms with E-state index in [1.807, 2.05) is 27.2 Å². The van der Waals surface area contributed by atoms with Crippen LogP contribution < -0.4 is 4.48 Å².